The van der Waals surface area contributed by atoms with Crippen molar-refractivity contribution < 1.29 is 4.42 Å². The second-order valence-corrected chi connectivity index (χ2v) is 14.7. The average Bonchev–Trinajstić information content (AvgIpc) is 3.66. The molecule has 0 radical (unpaired) electrons. The zero-order valence-electron chi connectivity index (χ0n) is 28.4. The average molecular weight is 626 g/mol. The van der Waals surface area contributed by atoms with Crippen molar-refractivity contribution in [1.29, 1.82) is 0 Å². The van der Waals surface area contributed by atoms with E-state index in [4.69, 9.17) is 14.4 Å². The molecule has 0 bridgehead atoms. The lowest BCUT2D eigenvalue weighted by Gasteiger charge is -2.26. The molecule has 0 N–H and O–H groups in total. The number of aromatic nitrogens is 3. The Hall–Kier alpha value is -5.48. The highest BCUT2D eigenvalue weighted by molar-refractivity contribution is 6.09. The van der Waals surface area contributed by atoms with Crippen LogP contribution in [0.25, 0.3) is 72.4 Å². The molecule has 3 aromatic heterocycles. The Balaban J connectivity index is 1.51. The molecule has 48 heavy (non-hydrogen) atoms. The molecule has 8 aromatic rings. The van der Waals surface area contributed by atoms with Gasteiger partial charge in [0.15, 0.2) is 0 Å². The summed E-state index contributed by atoms with van der Waals surface area (Å²) in [4.78, 5) is 10.3. The van der Waals surface area contributed by atoms with Crippen molar-refractivity contribution in [3.05, 3.63) is 139 Å². The minimum Gasteiger partial charge on any atom is -0.437 e. The molecule has 0 fully saturated rings. The zero-order valence-corrected chi connectivity index (χ0v) is 28.4. The molecule has 0 spiro atoms. The van der Waals surface area contributed by atoms with E-state index in [9.17, 15) is 0 Å². The number of hydrogen-bond acceptors (Lipinski definition) is 3. The van der Waals surface area contributed by atoms with Crippen LogP contribution in [0.3, 0.4) is 0 Å². The summed E-state index contributed by atoms with van der Waals surface area (Å²) in [6.07, 6.45) is 0. The monoisotopic (exact) mass is 625 g/mol. The van der Waals surface area contributed by atoms with Gasteiger partial charge in [-0.15, -0.1) is 0 Å². The van der Waals surface area contributed by atoms with Crippen LogP contribution in [0.4, 0.5) is 0 Å². The Morgan fingerprint density at radius 3 is 1.79 bits per heavy atom. The number of pyridine rings is 1. The Kier molecular flexibility index (Phi) is 6.89. The molecule has 0 saturated heterocycles. The summed E-state index contributed by atoms with van der Waals surface area (Å²) in [5.74, 6) is 0.828. The van der Waals surface area contributed by atoms with Gasteiger partial charge in [0.05, 0.1) is 22.3 Å². The number of imidazole rings is 1. The highest BCUT2D eigenvalue weighted by Crippen LogP contribution is 2.44. The summed E-state index contributed by atoms with van der Waals surface area (Å²) < 4.78 is 9.04. The fourth-order valence-electron chi connectivity index (χ4n) is 6.69. The molecule has 3 heterocycles. The minimum absolute atomic E-state index is 0.0653. The molecule has 4 nitrogen and oxygen atoms in total. The molecular formula is C44H39N3O. The highest BCUT2D eigenvalue weighted by atomic mass is 16.3. The third-order valence-electron chi connectivity index (χ3n) is 9.30. The van der Waals surface area contributed by atoms with Crippen LogP contribution in [0.1, 0.15) is 52.8 Å². The van der Waals surface area contributed by atoms with E-state index in [1.54, 1.807) is 0 Å². The second-order valence-electron chi connectivity index (χ2n) is 14.7. The topological polar surface area (TPSA) is 43.9 Å². The van der Waals surface area contributed by atoms with Gasteiger partial charge in [0.2, 0.25) is 5.71 Å². The Morgan fingerprint density at radius 2 is 1.17 bits per heavy atom. The summed E-state index contributed by atoms with van der Waals surface area (Å²) in [5.41, 5.74) is 12.1. The SMILES string of the molecule is CC(C)(C)c1cc(-c2ccccc2)c(-n2c(-c3cccc4c3oc3nc(C(C)(C)C)ccc34)nc3ccccc32)c(-c2ccccc2)c1. The van der Waals surface area contributed by atoms with Gasteiger partial charge in [-0.2, -0.15) is 0 Å². The van der Waals surface area contributed by atoms with Crippen LogP contribution < -0.4 is 0 Å². The first kappa shape index (κ1) is 29.9. The normalized spacial score (nSPS) is 12.4. The summed E-state index contributed by atoms with van der Waals surface area (Å²) in [6, 6.07) is 45.2. The Morgan fingerprint density at radius 1 is 0.542 bits per heavy atom. The van der Waals surface area contributed by atoms with Crippen LogP contribution >= 0.6 is 0 Å². The van der Waals surface area contributed by atoms with E-state index < -0.39 is 0 Å². The van der Waals surface area contributed by atoms with Gasteiger partial charge < -0.3 is 4.42 Å². The maximum absolute atomic E-state index is 6.69. The second kappa shape index (κ2) is 11.1. The van der Waals surface area contributed by atoms with Crippen LogP contribution in [-0.4, -0.2) is 14.5 Å². The number of nitrogens with zero attached hydrogens (tertiary/aromatic N) is 3. The lowest BCUT2D eigenvalue weighted by atomic mass is 9.82. The zero-order chi connectivity index (χ0) is 33.2. The van der Waals surface area contributed by atoms with Gasteiger partial charge in [0, 0.05) is 33.0 Å². The van der Waals surface area contributed by atoms with Crippen molar-refractivity contribution in [1.82, 2.24) is 14.5 Å². The maximum Gasteiger partial charge on any atom is 0.227 e. The number of fused-ring (bicyclic) bond motifs is 4. The van der Waals surface area contributed by atoms with E-state index in [1.165, 1.54) is 5.56 Å². The standard InChI is InChI=1S/C44H39N3O/c1-43(2,3)30-26-34(28-16-9-7-10-17-28)39(35(27-30)29-18-11-8-12-19-29)47-37-23-14-13-22-36(37)45-41(47)33-21-15-20-31-32-24-25-38(44(4,5)6)46-42(32)48-40(31)33/h7-27H,1-6H3. The number of hydrogen-bond donors (Lipinski definition) is 0. The van der Waals surface area contributed by atoms with Crippen molar-refractivity contribution in [3.63, 3.8) is 0 Å². The minimum atomic E-state index is -0.0924. The number of benzene rings is 5. The maximum atomic E-state index is 6.69. The van der Waals surface area contributed by atoms with Crippen LogP contribution in [0, 0.1) is 0 Å². The van der Waals surface area contributed by atoms with Crippen molar-refractivity contribution in [2.75, 3.05) is 0 Å². The Labute approximate surface area is 281 Å². The van der Waals surface area contributed by atoms with E-state index >= 15 is 0 Å². The van der Waals surface area contributed by atoms with Crippen molar-refractivity contribution in [3.8, 4) is 39.3 Å². The van der Waals surface area contributed by atoms with Gasteiger partial charge in [-0.05, 0) is 64.6 Å². The van der Waals surface area contributed by atoms with Gasteiger partial charge in [-0.25, -0.2) is 9.97 Å². The first-order valence-electron chi connectivity index (χ1n) is 16.7. The summed E-state index contributed by atoms with van der Waals surface area (Å²) in [5, 5.41) is 2.04. The van der Waals surface area contributed by atoms with Gasteiger partial charge in [-0.1, -0.05) is 126 Å². The van der Waals surface area contributed by atoms with Crippen LogP contribution in [0.15, 0.2) is 132 Å². The fraction of sp³-hybridized carbons (Fsp3) is 0.182. The Bertz CT molecular complexity index is 2390. The molecule has 0 aliphatic rings. The summed E-state index contributed by atoms with van der Waals surface area (Å²) in [6.45, 7) is 13.4. The predicted octanol–water partition coefficient (Wildman–Crippen LogP) is 11.9. The molecule has 0 atom stereocenters. The van der Waals surface area contributed by atoms with Crippen molar-refractivity contribution >= 4 is 33.1 Å². The van der Waals surface area contributed by atoms with E-state index in [-0.39, 0.29) is 10.8 Å². The van der Waals surface area contributed by atoms with Crippen molar-refractivity contribution in [2.24, 2.45) is 0 Å². The smallest absolute Gasteiger partial charge is 0.227 e. The molecule has 0 unspecified atom stereocenters. The number of rotatable bonds is 4. The summed E-state index contributed by atoms with van der Waals surface area (Å²) in [7, 11) is 0. The lowest BCUT2D eigenvalue weighted by molar-refractivity contribution is 0.562. The third kappa shape index (κ3) is 5.00. The molecule has 8 rings (SSSR count). The van der Waals surface area contributed by atoms with Crippen LogP contribution in [0.2, 0.25) is 0 Å². The van der Waals surface area contributed by atoms with E-state index in [2.05, 4.69) is 174 Å². The molecule has 0 saturated carbocycles. The molecule has 0 aliphatic carbocycles. The third-order valence-corrected chi connectivity index (χ3v) is 9.30. The van der Waals surface area contributed by atoms with E-state index in [1.807, 2.05) is 0 Å². The quantitative estimate of drug-likeness (QED) is 0.195. The molecule has 4 heteroatoms. The van der Waals surface area contributed by atoms with E-state index in [0.29, 0.717) is 5.71 Å². The molecule has 0 amide bonds. The highest BCUT2D eigenvalue weighted by Gasteiger charge is 2.27. The van der Waals surface area contributed by atoms with Crippen LogP contribution in [0.5, 0.6) is 0 Å². The fourth-order valence-corrected chi connectivity index (χ4v) is 6.69. The van der Waals surface area contributed by atoms with E-state index in [0.717, 1.165) is 72.4 Å². The van der Waals surface area contributed by atoms with Gasteiger partial charge in [0.1, 0.15) is 11.4 Å². The first-order chi connectivity index (χ1) is 23.1. The van der Waals surface area contributed by atoms with Gasteiger partial charge in [0.25, 0.3) is 0 Å². The molecule has 0 aliphatic heterocycles. The van der Waals surface area contributed by atoms with Gasteiger partial charge in [-0.3, -0.25) is 4.57 Å². The molecular weight excluding hydrogens is 587 g/mol. The predicted molar refractivity (Wildman–Crippen MR) is 200 cm³/mol. The number of para-hydroxylation sites is 3. The largest absolute Gasteiger partial charge is 0.437 e. The summed E-state index contributed by atoms with van der Waals surface area (Å²) >= 11 is 0. The van der Waals surface area contributed by atoms with Gasteiger partial charge >= 0.3 is 0 Å². The molecule has 5 aromatic carbocycles. The lowest BCUT2D eigenvalue weighted by Crippen LogP contribution is -2.13. The molecule has 236 valence electrons. The number of furan rings is 1. The van der Waals surface area contributed by atoms with Crippen LogP contribution in [-0.2, 0) is 10.8 Å². The van der Waals surface area contributed by atoms with Crippen molar-refractivity contribution in [2.45, 2.75) is 52.4 Å². The first-order valence-corrected chi connectivity index (χ1v) is 16.7.